The second-order valence-electron chi connectivity index (χ2n) is 6.00. The molecule has 3 unspecified atom stereocenters. The largest absolute Gasteiger partial charge is 0.341 e. The number of hydrogen-bond donors (Lipinski definition) is 1. The molecule has 0 aliphatic carbocycles. The number of carbonyl (C=O) groups is 1. The number of hydrogen-bond acceptors (Lipinski definition) is 3. The molecule has 1 aliphatic rings. The van der Waals surface area contributed by atoms with Crippen LogP contribution in [0.4, 0.5) is 0 Å². The van der Waals surface area contributed by atoms with Crippen molar-refractivity contribution < 1.29 is 4.79 Å². The van der Waals surface area contributed by atoms with E-state index < -0.39 is 0 Å². The zero-order valence-corrected chi connectivity index (χ0v) is 12.4. The second kappa shape index (κ2) is 7.10. The van der Waals surface area contributed by atoms with E-state index in [2.05, 4.69) is 19.0 Å². The van der Waals surface area contributed by atoms with Crippen LogP contribution in [0.5, 0.6) is 0 Å². The van der Waals surface area contributed by atoms with Crippen LogP contribution < -0.4 is 5.73 Å². The fourth-order valence-corrected chi connectivity index (χ4v) is 2.54. The molecule has 1 rings (SSSR count). The number of likely N-dealkylation sites (N-methyl/N-ethyl adjacent to an activating group) is 1. The van der Waals surface area contributed by atoms with Crippen molar-refractivity contribution in [2.75, 3.05) is 27.2 Å². The molecule has 2 N–H and O–H groups in total. The molecule has 1 fully saturated rings. The second-order valence-corrected chi connectivity index (χ2v) is 6.00. The lowest BCUT2D eigenvalue weighted by atomic mass is 10.0. The number of nitrogens with zero attached hydrogens (tertiary/aromatic N) is 2. The van der Waals surface area contributed by atoms with Crippen LogP contribution in [0.25, 0.3) is 0 Å². The quantitative estimate of drug-likeness (QED) is 0.778. The van der Waals surface area contributed by atoms with Crippen LogP contribution in [0.15, 0.2) is 0 Å². The van der Waals surface area contributed by atoms with Crippen molar-refractivity contribution in [1.29, 1.82) is 0 Å². The van der Waals surface area contributed by atoms with E-state index in [4.69, 9.17) is 5.73 Å². The molecule has 4 heteroatoms. The number of nitrogens with two attached hydrogens (primary N) is 1. The van der Waals surface area contributed by atoms with E-state index in [0.29, 0.717) is 11.9 Å². The van der Waals surface area contributed by atoms with Gasteiger partial charge < -0.3 is 15.5 Å². The topological polar surface area (TPSA) is 49.6 Å². The molecule has 1 aliphatic heterocycles. The first-order valence-corrected chi connectivity index (χ1v) is 7.12. The van der Waals surface area contributed by atoms with Gasteiger partial charge in [0.1, 0.15) is 0 Å². The molecule has 106 valence electrons. The lowest BCUT2D eigenvalue weighted by Crippen LogP contribution is -2.37. The highest BCUT2D eigenvalue weighted by molar-refractivity contribution is 5.78. The molecule has 0 spiro atoms. The van der Waals surface area contributed by atoms with Crippen molar-refractivity contribution in [3.8, 4) is 0 Å². The highest BCUT2D eigenvalue weighted by Gasteiger charge is 2.29. The van der Waals surface area contributed by atoms with Crippen LogP contribution in [0.2, 0.25) is 0 Å². The van der Waals surface area contributed by atoms with Gasteiger partial charge in [-0.05, 0) is 40.3 Å². The molecule has 0 aromatic carbocycles. The third-order valence-electron chi connectivity index (χ3n) is 3.92. The van der Waals surface area contributed by atoms with Gasteiger partial charge in [-0.1, -0.05) is 13.3 Å². The van der Waals surface area contributed by atoms with E-state index >= 15 is 0 Å². The minimum Gasteiger partial charge on any atom is -0.341 e. The summed E-state index contributed by atoms with van der Waals surface area (Å²) in [4.78, 5) is 16.5. The predicted octanol–water partition coefficient (Wildman–Crippen LogP) is 1.30. The Kier molecular flexibility index (Phi) is 6.09. The summed E-state index contributed by atoms with van der Waals surface area (Å²) < 4.78 is 0. The third-order valence-corrected chi connectivity index (χ3v) is 3.92. The van der Waals surface area contributed by atoms with Crippen LogP contribution in [0.1, 0.15) is 39.5 Å². The smallest absolute Gasteiger partial charge is 0.225 e. The van der Waals surface area contributed by atoms with Gasteiger partial charge in [0.2, 0.25) is 5.91 Å². The van der Waals surface area contributed by atoms with Gasteiger partial charge in [-0.2, -0.15) is 0 Å². The summed E-state index contributed by atoms with van der Waals surface area (Å²) in [6, 6.07) is 0.780. The number of rotatable bonds is 6. The van der Waals surface area contributed by atoms with Gasteiger partial charge in [0.15, 0.2) is 0 Å². The lowest BCUT2D eigenvalue weighted by Gasteiger charge is -2.23. The van der Waals surface area contributed by atoms with Crippen molar-refractivity contribution in [2.45, 2.75) is 51.6 Å². The Hall–Kier alpha value is -0.610. The molecular formula is C14H29N3O. The number of carbonyl (C=O) groups excluding carboxylic acids is 1. The van der Waals surface area contributed by atoms with Crippen molar-refractivity contribution >= 4 is 5.91 Å². The maximum atomic E-state index is 12.3. The molecule has 0 saturated carbocycles. The molecule has 0 radical (unpaired) electrons. The molecule has 3 atom stereocenters. The molecule has 0 aromatic rings. The van der Waals surface area contributed by atoms with Crippen LogP contribution in [0, 0.1) is 5.92 Å². The average molecular weight is 255 g/mol. The van der Waals surface area contributed by atoms with Gasteiger partial charge in [-0.3, -0.25) is 4.79 Å². The van der Waals surface area contributed by atoms with E-state index in [0.717, 1.165) is 38.8 Å². The predicted molar refractivity (Wildman–Crippen MR) is 75.3 cm³/mol. The zero-order chi connectivity index (χ0) is 13.7. The molecular weight excluding hydrogens is 226 g/mol. The molecule has 1 heterocycles. The van der Waals surface area contributed by atoms with E-state index in [1.807, 2.05) is 18.7 Å². The Morgan fingerprint density at radius 1 is 1.39 bits per heavy atom. The SMILES string of the molecule is CC(N)CCCC(C)C(=O)N1CCC(N(C)C)C1. The highest BCUT2D eigenvalue weighted by atomic mass is 16.2. The maximum Gasteiger partial charge on any atom is 0.225 e. The van der Waals surface area contributed by atoms with Gasteiger partial charge in [0.25, 0.3) is 0 Å². The van der Waals surface area contributed by atoms with E-state index in [9.17, 15) is 4.79 Å². The van der Waals surface area contributed by atoms with Gasteiger partial charge >= 0.3 is 0 Å². The van der Waals surface area contributed by atoms with Crippen LogP contribution >= 0.6 is 0 Å². The molecule has 0 bridgehead atoms. The maximum absolute atomic E-state index is 12.3. The van der Waals surface area contributed by atoms with Gasteiger partial charge in [0.05, 0.1) is 0 Å². The summed E-state index contributed by atoms with van der Waals surface area (Å²) in [5.74, 6) is 0.466. The first-order valence-electron chi connectivity index (χ1n) is 7.12. The Morgan fingerprint density at radius 3 is 2.56 bits per heavy atom. The first-order chi connectivity index (χ1) is 8.41. The molecule has 1 saturated heterocycles. The summed E-state index contributed by atoms with van der Waals surface area (Å²) >= 11 is 0. The highest BCUT2D eigenvalue weighted by Crippen LogP contribution is 2.18. The Balaban J connectivity index is 2.31. The lowest BCUT2D eigenvalue weighted by molar-refractivity contribution is -0.134. The van der Waals surface area contributed by atoms with E-state index in [-0.39, 0.29) is 12.0 Å². The average Bonchev–Trinajstić information content (AvgIpc) is 2.76. The minimum atomic E-state index is 0.143. The van der Waals surface area contributed by atoms with Gasteiger partial charge in [-0.15, -0.1) is 0 Å². The Labute approximate surface area is 111 Å². The summed E-state index contributed by atoms with van der Waals surface area (Å²) in [5, 5.41) is 0. The van der Waals surface area contributed by atoms with Crippen LogP contribution in [-0.4, -0.2) is 55.0 Å². The fraction of sp³-hybridized carbons (Fsp3) is 0.929. The standard InChI is InChI=1S/C14H29N3O/c1-11(6-5-7-12(2)15)14(18)17-9-8-13(10-17)16(3)4/h11-13H,5-10,15H2,1-4H3. The number of amides is 1. The Bertz CT molecular complexity index is 266. The monoisotopic (exact) mass is 255 g/mol. The normalized spacial score (nSPS) is 23.4. The van der Waals surface area contributed by atoms with Gasteiger partial charge in [-0.25, -0.2) is 0 Å². The summed E-state index contributed by atoms with van der Waals surface area (Å²) in [5.41, 5.74) is 5.73. The van der Waals surface area contributed by atoms with E-state index in [1.54, 1.807) is 0 Å². The van der Waals surface area contributed by atoms with E-state index in [1.165, 1.54) is 0 Å². The Morgan fingerprint density at radius 2 is 2.06 bits per heavy atom. The molecule has 4 nitrogen and oxygen atoms in total. The molecule has 1 amide bonds. The first kappa shape index (κ1) is 15.4. The van der Waals surface area contributed by atoms with Crippen molar-refractivity contribution in [3.05, 3.63) is 0 Å². The summed E-state index contributed by atoms with van der Waals surface area (Å²) in [7, 11) is 4.18. The molecule has 0 aromatic heterocycles. The van der Waals surface area contributed by atoms with Crippen LogP contribution in [0.3, 0.4) is 0 Å². The van der Waals surface area contributed by atoms with Crippen LogP contribution in [-0.2, 0) is 4.79 Å². The minimum absolute atomic E-state index is 0.143. The van der Waals surface area contributed by atoms with Crippen molar-refractivity contribution in [3.63, 3.8) is 0 Å². The number of likely N-dealkylation sites (tertiary alicyclic amines) is 1. The fourth-order valence-electron chi connectivity index (χ4n) is 2.54. The molecule has 18 heavy (non-hydrogen) atoms. The summed E-state index contributed by atoms with van der Waals surface area (Å²) in [6.07, 6.45) is 4.13. The third kappa shape index (κ3) is 4.58. The van der Waals surface area contributed by atoms with Crippen molar-refractivity contribution in [2.24, 2.45) is 11.7 Å². The van der Waals surface area contributed by atoms with Gasteiger partial charge in [0, 0.05) is 31.1 Å². The van der Waals surface area contributed by atoms with Crippen molar-refractivity contribution in [1.82, 2.24) is 9.80 Å². The zero-order valence-electron chi connectivity index (χ0n) is 12.4. The summed E-state index contributed by atoms with van der Waals surface area (Å²) in [6.45, 7) is 5.88.